The van der Waals surface area contributed by atoms with Gasteiger partial charge in [0.2, 0.25) is 9.05 Å². The highest BCUT2D eigenvalue weighted by molar-refractivity contribution is 8.13. The Morgan fingerprint density at radius 2 is 2.00 bits per heavy atom. The van der Waals surface area contributed by atoms with Gasteiger partial charge in [-0.1, -0.05) is 12.1 Å². The molecule has 5 heteroatoms. The van der Waals surface area contributed by atoms with Crippen molar-refractivity contribution in [2.75, 3.05) is 12.9 Å². The molecule has 3 fully saturated rings. The van der Waals surface area contributed by atoms with Crippen LogP contribution in [0.5, 0.6) is 5.75 Å². The van der Waals surface area contributed by atoms with E-state index in [0.717, 1.165) is 25.0 Å². The zero-order valence-electron chi connectivity index (χ0n) is 10.1. The Labute approximate surface area is 112 Å². The van der Waals surface area contributed by atoms with Gasteiger partial charge >= 0.3 is 0 Å². The van der Waals surface area contributed by atoms with Gasteiger partial charge in [0.05, 0.1) is 12.9 Å². The third-order valence-electron chi connectivity index (χ3n) is 4.30. The van der Waals surface area contributed by atoms with Gasteiger partial charge in [-0.2, -0.15) is 0 Å². The molecule has 0 aliphatic heterocycles. The molecule has 3 saturated carbocycles. The number of benzene rings is 1. The molecule has 0 N–H and O–H groups in total. The Morgan fingerprint density at radius 1 is 1.33 bits per heavy atom. The molecule has 1 aromatic rings. The van der Waals surface area contributed by atoms with Crippen molar-refractivity contribution in [3.05, 3.63) is 29.8 Å². The van der Waals surface area contributed by atoms with E-state index in [0.29, 0.717) is 0 Å². The zero-order chi connectivity index (χ0) is 13.0. The van der Waals surface area contributed by atoms with Crippen molar-refractivity contribution in [1.29, 1.82) is 0 Å². The molecule has 0 spiro atoms. The summed E-state index contributed by atoms with van der Waals surface area (Å²) in [6.45, 7) is 0. The van der Waals surface area contributed by atoms with Crippen LogP contribution >= 0.6 is 10.7 Å². The van der Waals surface area contributed by atoms with E-state index in [1.165, 1.54) is 5.56 Å². The number of ether oxygens (including phenoxy) is 1. The highest BCUT2D eigenvalue weighted by atomic mass is 35.7. The van der Waals surface area contributed by atoms with Crippen molar-refractivity contribution >= 4 is 19.7 Å². The first-order valence-electron chi connectivity index (χ1n) is 5.93. The number of hydrogen-bond donors (Lipinski definition) is 0. The van der Waals surface area contributed by atoms with E-state index in [4.69, 9.17) is 15.4 Å². The lowest BCUT2D eigenvalue weighted by atomic mass is 9.34. The van der Waals surface area contributed by atoms with Crippen molar-refractivity contribution in [2.24, 2.45) is 5.41 Å². The van der Waals surface area contributed by atoms with Gasteiger partial charge in [-0.05, 0) is 47.8 Å². The minimum absolute atomic E-state index is 0.0519. The normalized spacial score (nSPS) is 33.4. The highest BCUT2D eigenvalue weighted by Gasteiger charge is 2.69. The van der Waals surface area contributed by atoms with Crippen molar-refractivity contribution < 1.29 is 13.2 Å². The van der Waals surface area contributed by atoms with E-state index in [2.05, 4.69) is 12.1 Å². The van der Waals surface area contributed by atoms with E-state index in [1.807, 2.05) is 12.1 Å². The second kappa shape index (κ2) is 3.64. The van der Waals surface area contributed by atoms with Crippen LogP contribution in [0.1, 0.15) is 24.8 Å². The lowest BCUT2D eigenvalue weighted by molar-refractivity contribution is -0.122. The molecule has 3 nitrogen and oxygen atoms in total. The Kier molecular flexibility index (Phi) is 2.49. The first-order valence-corrected chi connectivity index (χ1v) is 8.41. The minimum atomic E-state index is -3.38. The van der Waals surface area contributed by atoms with E-state index in [-0.39, 0.29) is 16.6 Å². The van der Waals surface area contributed by atoms with Crippen molar-refractivity contribution in [1.82, 2.24) is 0 Å². The van der Waals surface area contributed by atoms with Gasteiger partial charge in [-0.3, -0.25) is 0 Å². The molecule has 0 heterocycles. The highest BCUT2D eigenvalue weighted by Crippen LogP contribution is 2.74. The number of hydrogen-bond acceptors (Lipinski definition) is 3. The van der Waals surface area contributed by atoms with E-state index in [1.54, 1.807) is 7.11 Å². The van der Waals surface area contributed by atoms with E-state index in [9.17, 15) is 8.42 Å². The summed E-state index contributed by atoms with van der Waals surface area (Å²) in [5, 5.41) is 0. The summed E-state index contributed by atoms with van der Waals surface area (Å²) < 4.78 is 27.5. The van der Waals surface area contributed by atoms with Gasteiger partial charge < -0.3 is 4.74 Å². The van der Waals surface area contributed by atoms with Gasteiger partial charge in [0, 0.05) is 10.7 Å². The standard InChI is InChI=1S/C13H15ClO3S/c1-17-11-4-2-3-10(5-11)13-6-12(7-13,8-13)9-18(14,15)16/h2-5H,6-9H2,1H3. The summed E-state index contributed by atoms with van der Waals surface area (Å²) in [6, 6.07) is 8.06. The average molecular weight is 287 g/mol. The molecule has 18 heavy (non-hydrogen) atoms. The molecular formula is C13H15ClO3S. The number of rotatable bonds is 4. The van der Waals surface area contributed by atoms with E-state index >= 15 is 0 Å². The largest absolute Gasteiger partial charge is 0.497 e. The third kappa shape index (κ3) is 1.82. The summed E-state index contributed by atoms with van der Waals surface area (Å²) in [5.74, 6) is 0.976. The molecule has 3 aliphatic rings. The molecule has 0 radical (unpaired) electrons. The fraction of sp³-hybridized carbons (Fsp3) is 0.538. The summed E-state index contributed by atoms with van der Waals surface area (Å²) in [5.41, 5.74) is 1.38. The molecule has 0 aromatic heterocycles. The van der Waals surface area contributed by atoms with Gasteiger partial charge in [-0.25, -0.2) is 8.42 Å². The average Bonchev–Trinajstić information content (AvgIpc) is 2.20. The summed E-state index contributed by atoms with van der Waals surface area (Å²) in [6.07, 6.45) is 2.79. The maximum Gasteiger partial charge on any atom is 0.233 e. The quantitative estimate of drug-likeness (QED) is 0.799. The fourth-order valence-electron chi connectivity index (χ4n) is 3.78. The van der Waals surface area contributed by atoms with Crippen molar-refractivity contribution in [3.63, 3.8) is 0 Å². The predicted octanol–water partition coefficient (Wildman–Crippen LogP) is 2.69. The van der Waals surface area contributed by atoms with Crippen LogP contribution in [0, 0.1) is 5.41 Å². The Bertz CT molecular complexity index is 574. The molecule has 0 amide bonds. The van der Waals surface area contributed by atoms with Gasteiger partial charge in [0.1, 0.15) is 5.75 Å². The van der Waals surface area contributed by atoms with Gasteiger partial charge in [0.25, 0.3) is 0 Å². The van der Waals surface area contributed by atoms with Crippen LogP contribution in [-0.2, 0) is 14.5 Å². The molecular weight excluding hydrogens is 272 g/mol. The van der Waals surface area contributed by atoms with Crippen LogP contribution in [0.2, 0.25) is 0 Å². The first-order chi connectivity index (χ1) is 8.37. The lowest BCUT2D eigenvalue weighted by Gasteiger charge is -2.71. The Balaban J connectivity index is 1.76. The van der Waals surface area contributed by atoms with Gasteiger partial charge in [-0.15, -0.1) is 0 Å². The Hall–Kier alpha value is -0.740. The molecule has 2 bridgehead atoms. The Morgan fingerprint density at radius 3 is 2.56 bits per heavy atom. The second-order valence-electron chi connectivity index (χ2n) is 5.73. The zero-order valence-corrected chi connectivity index (χ0v) is 11.7. The molecule has 0 atom stereocenters. The first kappa shape index (κ1) is 12.3. The predicted molar refractivity (Wildman–Crippen MR) is 70.6 cm³/mol. The SMILES string of the molecule is COc1cccc(C23CC(CS(=O)(=O)Cl)(C2)C3)c1. The van der Waals surface area contributed by atoms with Crippen LogP contribution in [0.25, 0.3) is 0 Å². The molecule has 3 aliphatic carbocycles. The monoisotopic (exact) mass is 286 g/mol. The maximum absolute atomic E-state index is 11.2. The van der Waals surface area contributed by atoms with E-state index < -0.39 is 9.05 Å². The van der Waals surface area contributed by atoms with Crippen molar-refractivity contribution in [2.45, 2.75) is 24.7 Å². The summed E-state index contributed by atoms with van der Waals surface area (Å²) >= 11 is 0. The van der Waals surface area contributed by atoms with Gasteiger partial charge in [0.15, 0.2) is 0 Å². The third-order valence-corrected chi connectivity index (χ3v) is 5.59. The summed E-state index contributed by atoms with van der Waals surface area (Å²) in [7, 11) is 3.62. The van der Waals surface area contributed by atoms with Crippen molar-refractivity contribution in [3.8, 4) is 5.75 Å². The molecule has 1 aromatic carbocycles. The molecule has 0 saturated heterocycles. The van der Waals surface area contributed by atoms with Crippen LogP contribution in [0.3, 0.4) is 0 Å². The number of halogens is 1. The maximum atomic E-state index is 11.2. The topological polar surface area (TPSA) is 43.4 Å². The lowest BCUT2D eigenvalue weighted by Crippen LogP contribution is -2.66. The van der Waals surface area contributed by atoms with Crippen LogP contribution in [0.4, 0.5) is 0 Å². The number of methoxy groups -OCH3 is 1. The second-order valence-corrected chi connectivity index (χ2v) is 8.50. The molecule has 4 rings (SSSR count). The molecule has 0 unspecified atom stereocenters. The molecule has 98 valence electrons. The van der Waals surface area contributed by atoms with Crippen LogP contribution in [-0.4, -0.2) is 21.3 Å². The van der Waals surface area contributed by atoms with Crippen LogP contribution < -0.4 is 4.74 Å². The summed E-state index contributed by atoms with van der Waals surface area (Å²) in [4.78, 5) is 0. The smallest absolute Gasteiger partial charge is 0.233 e. The fourth-order valence-corrected chi connectivity index (χ4v) is 5.51. The van der Waals surface area contributed by atoms with Crippen LogP contribution in [0.15, 0.2) is 24.3 Å². The minimum Gasteiger partial charge on any atom is -0.497 e.